The molecule has 0 atom stereocenters. The lowest BCUT2D eigenvalue weighted by atomic mass is 9.80. The van der Waals surface area contributed by atoms with Gasteiger partial charge < -0.3 is 9.47 Å². The van der Waals surface area contributed by atoms with Crippen LogP contribution < -0.4 is 5.32 Å². The van der Waals surface area contributed by atoms with Crippen LogP contribution in [0.1, 0.15) is 37.9 Å². The highest BCUT2D eigenvalue weighted by Gasteiger charge is 2.52. The van der Waals surface area contributed by atoms with Gasteiger partial charge in [-0.2, -0.15) is 0 Å². The van der Waals surface area contributed by atoms with Gasteiger partial charge in [0.25, 0.3) is 5.91 Å². The van der Waals surface area contributed by atoms with Gasteiger partial charge in [0.1, 0.15) is 11.4 Å². The Balaban J connectivity index is 1.77. The lowest BCUT2D eigenvalue weighted by Crippen LogP contribution is -2.51. The van der Waals surface area contributed by atoms with Crippen LogP contribution in [-0.4, -0.2) is 38.5 Å². The van der Waals surface area contributed by atoms with Crippen LogP contribution in [0.15, 0.2) is 12.4 Å². The van der Waals surface area contributed by atoms with Crippen LogP contribution in [0.2, 0.25) is 0 Å². The van der Waals surface area contributed by atoms with Gasteiger partial charge in [0, 0.05) is 32.4 Å². The molecule has 2 aliphatic rings. The molecule has 20 heavy (non-hydrogen) atoms. The highest BCUT2D eigenvalue weighted by atomic mass is 16.2. The molecular formula is C14H20N4O2. The van der Waals surface area contributed by atoms with Gasteiger partial charge in [0.2, 0.25) is 0 Å². The maximum atomic E-state index is 12.2. The molecule has 3 amide bonds. The van der Waals surface area contributed by atoms with Gasteiger partial charge in [0.15, 0.2) is 0 Å². The summed E-state index contributed by atoms with van der Waals surface area (Å²) in [7, 11) is 1.94. The predicted molar refractivity (Wildman–Crippen MR) is 73.0 cm³/mol. The third kappa shape index (κ3) is 1.99. The number of aryl methyl sites for hydroxylation is 1. The number of amides is 3. The Bertz CT molecular complexity index is 531. The summed E-state index contributed by atoms with van der Waals surface area (Å²) in [6, 6.07) is -0.244. The summed E-state index contributed by atoms with van der Waals surface area (Å²) in [6.45, 7) is 0.544. The summed E-state index contributed by atoms with van der Waals surface area (Å²) < 4.78 is 1.95. The normalized spacial score (nSPS) is 21.6. The molecule has 1 saturated heterocycles. The Labute approximate surface area is 118 Å². The summed E-state index contributed by atoms with van der Waals surface area (Å²) >= 11 is 0. The van der Waals surface area contributed by atoms with E-state index in [-0.39, 0.29) is 11.9 Å². The largest absolute Gasteiger partial charge is 0.338 e. The number of rotatable bonds is 3. The molecule has 3 rings (SSSR count). The van der Waals surface area contributed by atoms with E-state index in [1.807, 2.05) is 17.8 Å². The standard InChI is InChI=1S/C14H20N4O2/c1-17-10-8-15-11(17)5-9-18-13(20)16-12(19)14(18)6-3-2-4-7-14/h8,10H,2-7,9H2,1H3,(H,16,19,20). The number of carbonyl (C=O) groups excluding carboxylic acids is 2. The second kappa shape index (κ2) is 4.92. The van der Waals surface area contributed by atoms with Gasteiger partial charge in [-0.15, -0.1) is 0 Å². The van der Waals surface area contributed by atoms with Crippen molar-refractivity contribution < 1.29 is 9.59 Å². The second-order valence-corrected chi connectivity index (χ2v) is 5.71. The van der Waals surface area contributed by atoms with Crippen LogP contribution in [-0.2, 0) is 18.3 Å². The molecule has 0 aromatic carbocycles. The lowest BCUT2D eigenvalue weighted by Gasteiger charge is -2.38. The SMILES string of the molecule is Cn1ccnc1CCN1C(=O)NC(=O)C12CCCCC2. The number of nitrogens with zero attached hydrogens (tertiary/aromatic N) is 3. The molecule has 1 aliphatic carbocycles. The first-order valence-corrected chi connectivity index (χ1v) is 7.23. The van der Waals surface area contributed by atoms with E-state index in [1.54, 1.807) is 11.1 Å². The molecule has 6 nitrogen and oxygen atoms in total. The van der Waals surface area contributed by atoms with E-state index >= 15 is 0 Å². The molecule has 0 unspecified atom stereocenters. The number of imide groups is 1. The van der Waals surface area contributed by atoms with Crippen molar-refractivity contribution in [1.82, 2.24) is 19.8 Å². The first kappa shape index (κ1) is 13.1. The first-order valence-electron chi connectivity index (χ1n) is 7.23. The molecule has 108 valence electrons. The van der Waals surface area contributed by atoms with Gasteiger partial charge in [-0.3, -0.25) is 10.1 Å². The van der Waals surface area contributed by atoms with Crippen LogP contribution in [0.5, 0.6) is 0 Å². The minimum absolute atomic E-state index is 0.109. The van der Waals surface area contributed by atoms with E-state index < -0.39 is 5.54 Å². The van der Waals surface area contributed by atoms with Gasteiger partial charge >= 0.3 is 6.03 Å². The summed E-state index contributed by atoms with van der Waals surface area (Å²) in [5.74, 6) is 0.824. The minimum atomic E-state index is -0.597. The van der Waals surface area contributed by atoms with E-state index in [4.69, 9.17) is 0 Å². The third-order valence-electron chi connectivity index (χ3n) is 4.57. The molecule has 1 spiro atoms. The Morgan fingerprint density at radius 1 is 1.30 bits per heavy atom. The fourth-order valence-electron chi connectivity index (χ4n) is 3.40. The fraction of sp³-hybridized carbons (Fsp3) is 0.643. The van der Waals surface area contributed by atoms with Crippen LogP contribution in [0, 0.1) is 0 Å². The smallest absolute Gasteiger partial charge is 0.325 e. The van der Waals surface area contributed by atoms with Gasteiger partial charge in [-0.1, -0.05) is 19.3 Å². The van der Waals surface area contributed by atoms with Crippen molar-refractivity contribution in [2.45, 2.75) is 44.1 Å². The van der Waals surface area contributed by atoms with E-state index in [1.165, 1.54) is 0 Å². The summed E-state index contributed by atoms with van der Waals surface area (Å²) in [6.07, 6.45) is 9.06. The number of hydrogen-bond donors (Lipinski definition) is 1. The minimum Gasteiger partial charge on any atom is -0.338 e. The Hall–Kier alpha value is -1.85. The quantitative estimate of drug-likeness (QED) is 0.844. The Kier molecular flexibility index (Phi) is 3.23. The molecule has 2 heterocycles. The maximum absolute atomic E-state index is 12.2. The zero-order chi connectivity index (χ0) is 14.2. The zero-order valence-electron chi connectivity index (χ0n) is 11.8. The Morgan fingerprint density at radius 2 is 2.05 bits per heavy atom. The molecule has 1 aliphatic heterocycles. The highest BCUT2D eigenvalue weighted by molar-refractivity contribution is 6.07. The van der Waals surface area contributed by atoms with Crippen molar-refractivity contribution in [1.29, 1.82) is 0 Å². The number of nitrogens with one attached hydrogen (secondary N) is 1. The molecular weight excluding hydrogens is 256 g/mol. The molecule has 0 bridgehead atoms. The van der Waals surface area contributed by atoms with Crippen molar-refractivity contribution in [2.24, 2.45) is 7.05 Å². The van der Waals surface area contributed by atoms with Gasteiger partial charge in [-0.25, -0.2) is 9.78 Å². The summed E-state index contributed by atoms with van der Waals surface area (Å²) in [5, 5.41) is 2.49. The van der Waals surface area contributed by atoms with Crippen LogP contribution >= 0.6 is 0 Å². The number of imidazole rings is 1. The molecule has 0 radical (unpaired) electrons. The molecule has 1 N–H and O–H groups in total. The van der Waals surface area contributed by atoms with Crippen LogP contribution in [0.4, 0.5) is 4.79 Å². The van der Waals surface area contributed by atoms with Crippen LogP contribution in [0.3, 0.4) is 0 Å². The van der Waals surface area contributed by atoms with Crippen molar-refractivity contribution in [3.63, 3.8) is 0 Å². The monoisotopic (exact) mass is 276 g/mol. The second-order valence-electron chi connectivity index (χ2n) is 5.71. The predicted octanol–water partition coefficient (Wildman–Crippen LogP) is 1.22. The lowest BCUT2D eigenvalue weighted by molar-refractivity contribution is -0.128. The summed E-state index contributed by atoms with van der Waals surface area (Å²) in [5.41, 5.74) is -0.597. The fourth-order valence-corrected chi connectivity index (χ4v) is 3.40. The first-order chi connectivity index (χ1) is 9.63. The van der Waals surface area contributed by atoms with E-state index in [0.29, 0.717) is 13.0 Å². The molecule has 2 fully saturated rings. The maximum Gasteiger partial charge on any atom is 0.325 e. The molecule has 1 aromatic heterocycles. The average Bonchev–Trinajstić information content (AvgIpc) is 2.93. The van der Waals surface area contributed by atoms with E-state index in [2.05, 4.69) is 10.3 Å². The van der Waals surface area contributed by atoms with E-state index in [9.17, 15) is 9.59 Å². The molecule has 1 saturated carbocycles. The molecule has 1 aromatic rings. The number of aromatic nitrogens is 2. The zero-order valence-corrected chi connectivity index (χ0v) is 11.8. The van der Waals surface area contributed by atoms with Crippen molar-refractivity contribution in [3.05, 3.63) is 18.2 Å². The number of urea groups is 1. The van der Waals surface area contributed by atoms with Crippen molar-refractivity contribution >= 4 is 11.9 Å². The Morgan fingerprint density at radius 3 is 2.70 bits per heavy atom. The average molecular weight is 276 g/mol. The van der Waals surface area contributed by atoms with Gasteiger partial charge in [-0.05, 0) is 12.8 Å². The van der Waals surface area contributed by atoms with Crippen molar-refractivity contribution in [3.8, 4) is 0 Å². The third-order valence-corrected chi connectivity index (χ3v) is 4.57. The summed E-state index contributed by atoms with van der Waals surface area (Å²) in [4.78, 5) is 30.3. The topological polar surface area (TPSA) is 67.2 Å². The van der Waals surface area contributed by atoms with Crippen molar-refractivity contribution in [2.75, 3.05) is 6.54 Å². The molecule has 6 heteroatoms. The number of hydrogen-bond acceptors (Lipinski definition) is 3. The van der Waals surface area contributed by atoms with E-state index in [0.717, 1.165) is 37.9 Å². The van der Waals surface area contributed by atoms with Gasteiger partial charge in [0.05, 0.1) is 0 Å². The number of carbonyl (C=O) groups is 2. The highest BCUT2D eigenvalue weighted by Crippen LogP contribution is 2.37. The van der Waals surface area contributed by atoms with Crippen LogP contribution in [0.25, 0.3) is 0 Å².